The van der Waals surface area contributed by atoms with Crippen molar-refractivity contribution in [3.05, 3.63) is 23.9 Å². The summed E-state index contributed by atoms with van der Waals surface area (Å²) in [7, 11) is 0. The van der Waals surface area contributed by atoms with E-state index in [1.54, 1.807) is 0 Å². The smallest absolute Gasteiger partial charge is 0.355 e. The molecule has 0 atom stereocenters. The van der Waals surface area contributed by atoms with Gasteiger partial charge in [0, 0.05) is 43.9 Å². The molecule has 0 N–H and O–H groups in total. The summed E-state index contributed by atoms with van der Waals surface area (Å²) >= 11 is 1.85. The molecule has 0 bridgehead atoms. The maximum atomic E-state index is 12.5. The molecule has 2 saturated heterocycles. The fourth-order valence-electron chi connectivity index (χ4n) is 2.60. The van der Waals surface area contributed by atoms with Crippen molar-refractivity contribution >= 4 is 23.5 Å². The topological polar surface area (TPSA) is 36.4 Å². The molecule has 3 rings (SSSR count). The molecule has 2 fully saturated rings. The molecule has 22 heavy (non-hydrogen) atoms. The summed E-state index contributed by atoms with van der Waals surface area (Å²) in [6.45, 7) is 2.64. The average molecular weight is 331 g/mol. The third-order valence-corrected chi connectivity index (χ3v) is 4.90. The van der Waals surface area contributed by atoms with Crippen molar-refractivity contribution in [1.82, 2.24) is 9.88 Å². The van der Waals surface area contributed by atoms with E-state index in [2.05, 4.69) is 4.98 Å². The van der Waals surface area contributed by atoms with Crippen LogP contribution in [0.25, 0.3) is 0 Å². The van der Waals surface area contributed by atoms with Crippen LogP contribution in [0.3, 0.4) is 0 Å². The molecule has 1 aromatic rings. The van der Waals surface area contributed by atoms with Crippen LogP contribution in [-0.4, -0.2) is 53.5 Å². The van der Waals surface area contributed by atoms with Gasteiger partial charge in [-0.3, -0.25) is 4.79 Å². The molecule has 0 aromatic carbocycles. The van der Waals surface area contributed by atoms with E-state index >= 15 is 0 Å². The second-order valence-corrected chi connectivity index (χ2v) is 6.67. The van der Waals surface area contributed by atoms with Crippen LogP contribution in [0.5, 0.6) is 0 Å². The Kier molecular flexibility index (Phi) is 4.20. The average Bonchev–Trinajstić information content (AvgIpc) is 2.46. The van der Waals surface area contributed by atoms with Gasteiger partial charge in [0.25, 0.3) is 0 Å². The lowest BCUT2D eigenvalue weighted by molar-refractivity contribution is -0.138. The van der Waals surface area contributed by atoms with Crippen molar-refractivity contribution < 1.29 is 18.0 Å². The molecule has 0 aliphatic carbocycles. The monoisotopic (exact) mass is 331 g/mol. The number of aromatic nitrogens is 1. The summed E-state index contributed by atoms with van der Waals surface area (Å²) in [4.78, 5) is 19.8. The molecule has 1 amide bonds. The van der Waals surface area contributed by atoms with E-state index in [4.69, 9.17) is 0 Å². The van der Waals surface area contributed by atoms with Crippen molar-refractivity contribution in [3.8, 4) is 0 Å². The van der Waals surface area contributed by atoms with Crippen LogP contribution >= 0.6 is 11.8 Å². The fraction of sp³-hybridized carbons (Fsp3) is 0.571. The number of carbonyl (C=O) groups is 1. The highest BCUT2D eigenvalue weighted by atomic mass is 32.2. The number of thioether (sulfide) groups is 1. The minimum atomic E-state index is -4.37. The number of rotatable bonds is 2. The van der Waals surface area contributed by atoms with Gasteiger partial charge in [0.1, 0.15) is 5.82 Å². The molecule has 3 heterocycles. The van der Waals surface area contributed by atoms with E-state index in [-0.39, 0.29) is 11.8 Å². The first-order valence-electron chi connectivity index (χ1n) is 7.10. The Morgan fingerprint density at radius 1 is 1.23 bits per heavy atom. The van der Waals surface area contributed by atoms with Gasteiger partial charge < -0.3 is 9.80 Å². The van der Waals surface area contributed by atoms with Gasteiger partial charge in [0.15, 0.2) is 0 Å². The summed E-state index contributed by atoms with van der Waals surface area (Å²) in [5.74, 6) is 2.53. The van der Waals surface area contributed by atoms with Crippen LogP contribution in [0, 0.1) is 5.92 Å². The van der Waals surface area contributed by atoms with Crippen molar-refractivity contribution in [2.75, 3.05) is 42.6 Å². The molecule has 2 aliphatic rings. The van der Waals surface area contributed by atoms with Gasteiger partial charge in [-0.15, -0.1) is 0 Å². The van der Waals surface area contributed by atoms with Gasteiger partial charge in [-0.25, -0.2) is 4.98 Å². The van der Waals surface area contributed by atoms with Crippen LogP contribution in [0.15, 0.2) is 18.3 Å². The number of anilines is 1. The maximum absolute atomic E-state index is 12.5. The van der Waals surface area contributed by atoms with Crippen molar-refractivity contribution in [2.24, 2.45) is 5.92 Å². The lowest BCUT2D eigenvalue weighted by Crippen LogP contribution is -2.56. The van der Waals surface area contributed by atoms with E-state index in [0.717, 1.165) is 36.9 Å². The number of carbonyl (C=O) groups excluding carboxylic acids is 1. The van der Waals surface area contributed by atoms with E-state index in [9.17, 15) is 18.0 Å². The number of halogens is 3. The molecule has 2 aliphatic heterocycles. The molecule has 4 nitrogen and oxygen atoms in total. The highest BCUT2D eigenvalue weighted by molar-refractivity contribution is 7.99. The number of hydrogen-bond donors (Lipinski definition) is 0. The Morgan fingerprint density at radius 2 is 1.91 bits per heavy atom. The van der Waals surface area contributed by atoms with Crippen LogP contribution in [0.2, 0.25) is 0 Å². The third kappa shape index (κ3) is 3.16. The SMILES string of the molecule is O=C(C1CN(c2ccc(C(F)(F)F)cn2)C1)N1CCSCC1. The molecular formula is C14H16F3N3OS. The first kappa shape index (κ1) is 15.5. The molecule has 1 aromatic heterocycles. The fourth-order valence-corrected chi connectivity index (χ4v) is 3.51. The molecule has 0 saturated carbocycles. The Morgan fingerprint density at radius 3 is 2.45 bits per heavy atom. The van der Waals surface area contributed by atoms with Crippen LogP contribution in [-0.2, 0) is 11.0 Å². The molecule has 8 heteroatoms. The predicted octanol–water partition coefficient (Wildman–Crippen LogP) is 2.11. The highest BCUT2D eigenvalue weighted by Crippen LogP contribution is 2.31. The third-order valence-electron chi connectivity index (χ3n) is 3.95. The Hall–Kier alpha value is -1.44. The van der Waals surface area contributed by atoms with Crippen LogP contribution in [0.1, 0.15) is 5.56 Å². The van der Waals surface area contributed by atoms with Crippen molar-refractivity contribution in [2.45, 2.75) is 6.18 Å². The molecule has 120 valence electrons. The predicted molar refractivity (Wildman–Crippen MR) is 78.8 cm³/mol. The number of alkyl halides is 3. The van der Waals surface area contributed by atoms with E-state index in [1.165, 1.54) is 6.07 Å². The Labute approximate surface area is 130 Å². The van der Waals surface area contributed by atoms with Crippen LogP contribution in [0.4, 0.5) is 19.0 Å². The summed E-state index contributed by atoms with van der Waals surface area (Å²) in [5.41, 5.74) is -0.754. The van der Waals surface area contributed by atoms with Gasteiger partial charge in [-0.2, -0.15) is 24.9 Å². The second-order valence-electron chi connectivity index (χ2n) is 5.44. The minimum Gasteiger partial charge on any atom is -0.355 e. The quantitative estimate of drug-likeness (QED) is 0.832. The number of amides is 1. The summed E-state index contributed by atoms with van der Waals surface area (Å²) in [6, 6.07) is 2.39. The van der Waals surface area contributed by atoms with Gasteiger partial charge in [0.2, 0.25) is 5.91 Å². The zero-order valence-electron chi connectivity index (χ0n) is 11.8. The second kappa shape index (κ2) is 5.98. The lowest BCUT2D eigenvalue weighted by Gasteiger charge is -2.42. The highest BCUT2D eigenvalue weighted by Gasteiger charge is 2.37. The van der Waals surface area contributed by atoms with E-state index < -0.39 is 11.7 Å². The number of hydrogen-bond acceptors (Lipinski definition) is 4. The zero-order valence-corrected chi connectivity index (χ0v) is 12.7. The van der Waals surface area contributed by atoms with Gasteiger partial charge in [-0.1, -0.05) is 0 Å². The summed E-state index contributed by atoms with van der Waals surface area (Å²) in [6.07, 6.45) is -3.53. The lowest BCUT2D eigenvalue weighted by atomic mass is 9.98. The molecule has 0 radical (unpaired) electrons. The molecule has 0 spiro atoms. The maximum Gasteiger partial charge on any atom is 0.417 e. The number of pyridine rings is 1. The minimum absolute atomic E-state index is 0.0628. The number of nitrogens with zero attached hydrogens (tertiary/aromatic N) is 3. The molecular weight excluding hydrogens is 315 g/mol. The first-order valence-corrected chi connectivity index (χ1v) is 8.25. The van der Waals surface area contributed by atoms with Crippen molar-refractivity contribution in [3.63, 3.8) is 0 Å². The summed E-state index contributed by atoms with van der Waals surface area (Å²) < 4.78 is 37.5. The van der Waals surface area contributed by atoms with Gasteiger partial charge in [0.05, 0.1) is 11.5 Å². The molecule has 0 unspecified atom stereocenters. The van der Waals surface area contributed by atoms with Gasteiger partial charge in [-0.05, 0) is 12.1 Å². The van der Waals surface area contributed by atoms with Crippen molar-refractivity contribution in [1.29, 1.82) is 0 Å². The Balaban J connectivity index is 1.55. The Bertz CT molecular complexity index is 537. The largest absolute Gasteiger partial charge is 0.417 e. The van der Waals surface area contributed by atoms with E-state index in [0.29, 0.717) is 18.9 Å². The van der Waals surface area contributed by atoms with Gasteiger partial charge >= 0.3 is 6.18 Å². The zero-order chi connectivity index (χ0) is 15.7. The van der Waals surface area contributed by atoms with E-state index in [1.807, 2.05) is 21.6 Å². The normalized spacial score (nSPS) is 20.0. The summed E-state index contributed by atoms with van der Waals surface area (Å²) in [5, 5.41) is 0. The van der Waals surface area contributed by atoms with Crippen LogP contribution < -0.4 is 4.90 Å². The standard InChI is InChI=1S/C14H16F3N3OS/c15-14(16,17)11-1-2-12(18-7-11)20-8-10(9-20)13(21)19-3-5-22-6-4-19/h1-2,7,10H,3-6,8-9H2. The first-order chi connectivity index (χ1) is 10.4.